The zero-order valence-corrected chi connectivity index (χ0v) is 11.3. The Labute approximate surface area is 104 Å². The van der Waals surface area contributed by atoms with Crippen LogP contribution in [0.5, 0.6) is 0 Å². The number of hydrogen-bond acceptors (Lipinski definition) is 3. The molecule has 0 bridgehead atoms. The first-order valence-corrected chi connectivity index (χ1v) is 6.22. The third-order valence-corrected chi connectivity index (χ3v) is 2.61. The first kappa shape index (κ1) is 15.9. The molecule has 0 spiro atoms. The van der Waals surface area contributed by atoms with Gasteiger partial charge in [-0.15, -0.1) is 0 Å². The fourth-order valence-corrected chi connectivity index (χ4v) is 1.53. The Morgan fingerprint density at radius 3 is 2.12 bits per heavy atom. The maximum atomic E-state index is 11.8. The Kier molecular flexibility index (Phi) is 7.54. The highest BCUT2D eigenvalue weighted by Crippen LogP contribution is 2.00. The van der Waals surface area contributed by atoms with Crippen LogP contribution >= 0.6 is 0 Å². The zero-order valence-electron chi connectivity index (χ0n) is 11.3. The number of carbonyl (C=O) groups is 2. The summed E-state index contributed by atoms with van der Waals surface area (Å²) in [5.41, 5.74) is 5.28. The number of primary amides is 1. The smallest absolute Gasteiger partial charge is 0.235 e. The molecule has 0 saturated carbocycles. The zero-order chi connectivity index (χ0) is 13.4. The highest BCUT2D eigenvalue weighted by atomic mass is 16.2. The Hall–Kier alpha value is -1.10. The van der Waals surface area contributed by atoms with Gasteiger partial charge in [-0.1, -0.05) is 13.8 Å². The molecule has 5 nitrogen and oxygen atoms in total. The molecular weight excluding hydrogens is 218 g/mol. The van der Waals surface area contributed by atoms with E-state index in [0.29, 0.717) is 25.6 Å². The van der Waals surface area contributed by atoms with Crippen molar-refractivity contribution < 1.29 is 9.59 Å². The maximum Gasteiger partial charge on any atom is 0.235 e. The van der Waals surface area contributed by atoms with E-state index >= 15 is 0 Å². The monoisotopic (exact) mass is 243 g/mol. The summed E-state index contributed by atoms with van der Waals surface area (Å²) in [7, 11) is 0. The number of nitrogens with zero attached hydrogens (tertiary/aromatic N) is 1. The molecule has 0 radical (unpaired) electrons. The third kappa shape index (κ3) is 6.26. The van der Waals surface area contributed by atoms with Gasteiger partial charge in [0.2, 0.25) is 11.8 Å². The van der Waals surface area contributed by atoms with E-state index in [4.69, 9.17) is 5.73 Å². The van der Waals surface area contributed by atoms with E-state index in [0.717, 1.165) is 0 Å². The minimum atomic E-state index is -0.564. The van der Waals surface area contributed by atoms with Crippen LogP contribution in [0, 0.1) is 5.92 Å². The first-order chi connectivity index (χ1) is 7.92. The van der Waals surface area contributed by atoms with Crippen molar-refractivity contribution in [2.45, 2.75) is 40.2 Å². The lowest BCUT2D eigenvalue weighted by atomic mass is 10.1. The van der Waals surface area contributed by atoms with Crippen molar-refractivity contribution in [3.05, 3.63) is 0 Å². The number of nitrogens with one attached hydrogen (secondary N) is 1. The Morgan fingerprint density at radius 2 is 1.76 bits per heavy atom. The van der Waals surface area contributed by atoms with Gasteiger partial charge in [0.1, 0.15) is 0 Å². The summed E-state index contributed by atoms with van der Waals surface area (Å²) in [4.78, 5) is 24.8. The second kappa shape index (κ2) is 8.06. The van der Waals surface area contributed by atoms with E-state index in [-0.39, 0.29) is 12.3 Å². The largest absolute Gasteiger partial charge is 0.368 e. The van der Waals surface area contributed by atoms with Crippen LogP contribution in [0.25, 0.3) is 0 Å². The summed E-state index contributed by atoms with van der Waals surface area (Å²) in [5.74, 6) is -0.0818. The lowest BCUT2D eigenvalue weighted by molar-refractivity contribution is -0.133. The minimum Gasteiger partial charge on any atom is -0.368 e. The summed E-state index contributed by atoms with van der Waals surface area (Å²) >= 11 is 0. The van der Waals surface area contributed by atoms with Crippen molar-refractivity contribution in [2.24, 2.45) is 11.7 Å². The van der Waals surface area contributed by atoms with Crippen LogP contribution in [-0.2, 0) is 9.59 Å². The van der Waals surface area contributed by atoms with Crippen molar-refractivity contribution in [3.63, 3.8) is 0 Å². The molecule has 0 heterocycles. The van der Waals surface area contributed by atoms with E-state index < -0.39 is 11.9 Å². The molecule has 0 saturated heterocycles. The highest BCUT2D eigenvalue weighted by molar-refractivity contribution is 5.87. The van der Waals surface area contributed by atoms with Crippen LogP contribution in [-0.4, -0.2) is 42.4 Å². The van der Waals surface area contributed by atoms with Gasteiger partial charge < -0.3 is 16.0 Å². The van der Waals surface area contributed by atoms with Crippen LogP contribution in [0.1, 0.15) is 34.1 Å². The SMILES string of the molecule is CCN(CC)C(=O)CC(NCC(C)C)C(N)=O. The Morgan fingerprint density at radius 1 is 1.24 bits per heavy atom. The van der Waals surface area contributed by atoms with Gasteiger partial charge in [0, 0.05) is 13.1 Å². The van der Waals surface area contributed by atoms with Gasteiger partial charge in [-0.05, 0) is 26.3 Å². The molecule has 0 rings (SSSR count). The van der Waals surface area contributed by atoms with E-state index in [1.165, 1.54) is 0 Å². The Balaban J connectivity index is 4.33. The molecule has 0 aliphatic carbocycles. The predicted octanol–water partition coefficient (Wildman–Crippen LogP) is 0.344. The molecule has 0 aromatic carbocycles. The standard InChI is InChI=1S/C12H25N3O2/c1-5-15(6-2)11(16)7-10(12(13)17)14-8-9(3)4/h9-10,14H,5-8H2,1-4H3,(H2,13,17). The predicted molar refractivity (Wildman–Crippen MR) is 68.4 cm³/mol. The lowest BCUT2D eigenvalue weighted by Gasteiger charge is -2.22. The van der Waals surface area contributed by atoms with Crippen molar-refractivity contribution >= 4 is 11.8 Å². The molecule has 1 atom stereocenters. The van der Waals surface area contributed by atoms with Crippen LogP contribution in [0.3, 0.4) is 0 Å². The van der Waals surface area contributed by atoms with Crippen molar-refractivity contribution in [1.29, 1.82) is 0 Å². The highest BCUT2D eigenvalue weighted by Gasteiger charge is 2.21. The van der Waals surface area contributed by atoms with E-state index in [1.807, 2.05) is 27.7 Å². The van der Waals surface area contributed by atoms with Crippen LogP contribution in [0.4, 0.5) is 0 Å². The van der Waals surface area contributed by atoms with E-state index in [2.05, 4.69) is 5.32 Å². The average Bonchev–Trinajstić information content (AvgIpc) is 2.25. The quantitative estimate of drug-likeness (QED) is 0.645. The van der Waals surface area contributed by atoms with Gasteiger partial charge in [0.15, 0.2) is 0 Å². The topological polar surface area (TPSA) is 75.4 Å². The molecule has 3 N–H and O–H groups in total. The molecule has 100 valence electrons. The molecule has 5 heteroatoms. The molecule has 0 aromatic heterocycles. The van der Waals surface area contributed by atoms with Crippen molar-refractivity contribution in [1.82, 2.24) is 10.2 Å². The van der Waals surface area contributed by atoms with Gasteiger partial charge in [-0.25, -0.2) is 0 Å². The molecule has 0 aliphatic rings. The van der Waals surface area contributed by atoms with Crippen molar-refractivity contribution in [3.8, 4) is 0 Å². The molecular formula is C12H25N3O2. The molecule has 17 heavy (non-hydrogen) atoms. The normalized spacial score (nSPS) is 12.5. The second-order valence-electron chi connectivity index (χ2n) is 4.53. The average molecular weight is 243 g/mol. The van der Waals surface area contributed by atoms with Crippen LogP contribution in [0.2, 0.25) is 0 Å². The number of carbonyl (C=O) groups excluding carboxylic acids is 2. The van der Waals surface area contributed by atoms with Gasteiger partial charge in [0.05, 0.1) is 12.5 Å². The molecule has 2 amide bonds. The second-order valence-corrected chi connectivity index (χ2v) is 4.53. The van der Waals surface area contributed by atoms with Crippen molar-refractivity contribution in [2.75, 3.05) is 19.6 Å². The minimum absolute atomic E-state index is 0.0324. The van der Waals surface area contributed by atoms with Gasteiger partial charge in [0.25, 0.3) is 0 Å². The molecule has 1 unspecified atom stereocenters. The fraction of sp³-hybridized carbons (Fsp3) is 0.833. The van der Waals surface area contributed by atoms with Gasteiger partial charge in [-0.3, -0.25) is 9.59 Å². The number of rotatable bonds is 8. The number of nitrogens with two attached hydrogens (primary N) is 1. The summed E-state index contributed by atoms with van der Waals surface area (Å²) in [6, 6.07) is -0.564. The fourth-order valence-electron chi connectivity index (χ4n) is 1.53. The van der Waals surface area contributed by atoms with Gasteiger partial charge >= 0.3 is 0 Å². The molecule has 0 aromatic rings. The summed E-state index contributed by atoms with van der Waals surface area (Å²) in [6.07, 6.45) is 0.143. The first-order valence-electron chi connectivity index (χ1n) is 6.22. The van der Waals surface area contributed by atoms with Crippen LogP contribution in [0.15, 0.2) is 0 Å². The van der Waals surface area contributed by atoms with E-state index in [9.17, 15) is 9.59 Å². The lowest BCUT2D eigenvalue weighted by Crippen LogP contribution is -2.46. The van der Waals surface area contributed by atoms with Crippen LogP contribution < -0.4 is 11.1 Å². The number of hydrogen-bond donors (Lipinski definition) is 2. The molecule has 0 aliphatic heterocycles. The van der Waals surface area contributed by atoms with Gasteiger partial charge in [-0.2, -0.15) is 0 Å². The summed E-state index contributed by atoms with van der Waals surface area (Å²) < 4.78 is 0. The third-order valence-electron chi connectivity index (χ3n) is 2.61. The molecule has 0 fully saturated rings. The summed E-state index contributed by atoms with van der Waals surface area (Å²) in [5, 5.41) is 3.03. The number of amides is 2. The Bertz CT molecular complexity index is 250. The van der Waals surface area contributed by atoms with E-state index in [1.54, 1.807) is 4.90 Å². The summed E-state index contributed by atoms with van der Waals surface area (Å²) in [6.45, 7) is 9.91. The maximum absolute atomic E-state index is 11.8.